The molecule has 1 unspecified atom stereocenters. The molecule has 0 radical (unpaired) electrons. The van der Waals surface area contributed by atoms with Crippen LogP contribution in [0.2, 0.25) is 0 Å². The van der Waals surface area contributed by atoms with Crippen LogP contribution in [-0.4, -0.2) is 52.0 Å². The Morgan fingerprint density at radius 3 is 2.36 bits per heavy atom. The molecular formula is C9H22N2O2S. The number of rotatable bonds is 7. The Morgan fingerprint density at radius 1 is 1.36 bits per heavy atom. The SMILES string of the molecule is CC(CN)CCN(C)CCS(C)(=O)=O. The quantitative estimate of drug-likeness (QED) is 0.656. The van der Waals surface area contributed by atoms with Crippen molar-refractivity contribution in [2.75, 3.05) is 38.7 Å². The summed E-state index contributed by atoms with van der Waals surface area (Å²) in [7, 11) is -0.891. The largest absolute Gasteiger partial charge is 0.330 e. The van der Waals surface area contributed by atoms with Gasteiger partial charge in [0.05, 0.1) is 5.75 Å². The van der Waals surface area contributed by atoms with Crippen LogP contribution in [0.15, 0.2) is 0 Å². The molecule has 0 saturated heterocycles. The second kappa shape index (κ2) is 6.37. The Hall–Kier alpha value is -0.130. The first-order valence-corrected chi connectivity index (χ1v) is 6.97. The minimum Gasteiger partial charge on any atom is -0.330 e. The van der Waals surface area contributed by atoms with Gasteiger partial charge in [-0.15, -0.1) is 0 Å². The highest BCUT2D eigenvalue weighted by Gasteiger charge is 2.06. The van der Waals surface area contributed by atoms with E-state index in [4.69, 9.17) is 5.73 Å². The van der Waals surface area contributed by atoms with Crippen LogP contribution in [0.1, 0.15) is 13.3 Å². The van der Waals surface area contributed by atoms with Crippen molar-refractivity contribution in [1.82, 2.24) is 4.90 Å². The van der Waals surface area contributed by atoms with Gasteiger partial charge in [0.1, 0.15) is 9.84 Å². The molecular weight excluding hydrogens is 200 g/mol. The topological polar surface area (TPSA) is 63.4 Å². The van der Waals surface area contributed by atoms with E-state index in [2.05, 4.69) is 6.92 Å². The van der Waals surface area contributed by atoms with Crippen LogP contribution in [0, 0.1) is 5.92 Å². The summed E-state index contributed by atoms with van der Waals surface area (Å²) in [4.78, 5) is 2.03. The number of sulfone groups is 1. The molecule has 4 nitrogen and oxygen atoms in total. The van der Waals surface area contributed by atoms with E-state index in [9.17, 15) is 8.42 Å². The maximum atomic E-state index is 10.9. The number of hydrogen-bond donors (Lipinski definition) is 1. The van der Waals surface area contributed by atoms with Crippen molar-refractivity contribution in [3.8, 4) is 0 Å². The number of nitrogens with two attached hydrogens (primary N) is 1. The van der Waals surface area contributed by atoms with Crippen molar-refractivity contribution in [3.63, 3.8) is 0 Å². The lowest BCUT2D eigenvalue weighted by Crippen LogP contribution is -2.28. The fraction of sp³-hybridized carbons (Fsp3) is 1.00. The van der Waals surface area contributed by atoms with Gasteiger partial charge in [-0.3, -0.25) is 0 Å². The molecule has 0 amide bonds. The van der Waals surface area contributed by atoms with E-state index >= 15 is 0 Å². The van der Waals surface area contributed by atoms with Gasteiger partial charge in [-0.05, 0) is 32.5 Å². The van der Waals surface area contributed by atoms with Gasteiger partial charge < -0.3 is 10.6 Å². The van der Waals surface area contributed by atoms with Crippen LogP contribution in [0.5, 0.6) is 0 Å². The lowest BCUT2D eigenvalue weighted by atomic mass is 10.1. The summed E-state index contributed by atoms with van der Waals surface area (Å²) >= 11 is 0. The second-order valence-electron chi connectivity index (χ2n) is 4.06. The zero-order valence-corrected chi connectivity index (χ0v) is 10.2. The standard InChI is InChI=1S/C9H22N2O2S/c1-9(8-10)4-5-11(2)6-7-14(3,12)13/h9H,4-8,10H2,1-3H3. The fourth-order valence-electron chi connectivity index (χ4n) is 0.992. The predicted octanol–water partition coefficient (Wildman–Crippen LogP) is -0.0523. The third-order valence-corrected chi connectivity index (χ3v) is 3.17. The number of hydrogen-bond acceptors (Lipinski definition) is 4. The Balaban J connectivity index is 3.61. The molecule has 0 aliphatic carbocycles. The molecule has 0 aromatic rings. The Bertz CT molecular complexity index is 239. The van der Waals surface area contributed by atoms with E-state index in [0.717, 1.165) is 13.0 Å². The van der Waals surface area contributed by atoms with Gasteiger partial charge in [-0.2, -0.15) is 0 Å². The highest BCUT2D eigenvalue weighted by atomic mass is 32.2. The summed E-state index contributed by atoms with van der Waals surface area (Å²) in [6, 6.07) is 0. The molecule has 0 rings (SSSR count). The van der Waals surface area contributed by atoms with E-state index in [1.807, 2.05) is 11.9 Å². The van der Waals surface area contributed by atoms with Crippen LogP contribution in [0.4, 0.5) is 0 Å². The zero-order chi connectivity index (χ0) is 11.2. The van der Waals surface area contributed by atoms with Gasteiger partial charge in [0.2, 0.25) is 0 Å². The smallest absolute Gasteiger partial charge is 0.148 e. The summed E-state index contributed by atoms with van der Waals surface area (Å²) in [6.07, 6.45) is 2.29. The molecule has 0 aromatic heterocycles. The van der Waals surface area contributed by atoms with Crippen LogP contribution >= 0.6 is 0 Å². The molecule has 86 valence electrons. The molecule has 0 saturated carbocycles. The maximum absolute atomic E-state index is 10.9. The molecule has 0 aromatic carbocycles. The Morgan fingerprint density at radius 2 is 1.93 bits per heavy atom. The summed E-state index contributed by atoms with van der Waals surface area (Å²) in [6.45, 7) is 4.31. The van der Waals surface area contributed by atoms with Crippen LogP contribution < -0.4 is 5.73 Å². The van der Waals surface area contributed by atoms with Crippen LogP contribution in [-0.2, 0) is 9.84 Å². The monoisotopic (exact) mass is 222 g/mol. The number of nitrogens with zero attached hydrogens (tertiary/aromatic N) is 1. The molecule has 0 aliphatic rings. The van der Waals surface area contributed by atoms with Gasteiger partial charge in [-0.1, -0.05) is 6.92 Å². The predicted molar refractivity (Wildman–Crippen MR) is 60.0 cm³/mol. The van der Waals surface area contributed by atoms with Crippen LogP contribution in [0.25, 0.3) is 0 Å². The Kier molecular flexibility index (Phi) is 6.31. The highest BCUT2D eigenvalue weighted by Crippen LogP contribution is 2.00. The highest BCUT2D eigenvalue weighted by molar-refractivity contribution is 7.90. The van der Waals surface area contributed by atoms with E-state index in [1.165, 1.54) is 6.26 Å². The molecule has 0 spiro atoms. The summed E-state index contributed by atoms with van der Waals surface area (Å²) in [5.41, 5.74) is 5.49. The normalized spacial score (nSPS) is 14.6. The molecule has 2 N–H and O–H groups in total. The molecule has 14 heavy (non-hydrogen) atoms. The molecule has 1 atom stereocenters. The van der Waals surface area contributed by atoms with E-state index in [0.29, 0.717) is 19.0 Å². The van der Waals surface area contributed by atoms with E-state index in [1.54, 1.807) is 0 Å². The van der Waals surface area contributed by atoms with Gasteiger partial charge in [-0.25, -0.2) is 8.42 Å². The third-order valence-electron chi connectivity index (χ3n) is 2.25. The summed E-state index contributed by atoms with van der Waals surface area (Å²) in [5.74, 6) is 0.747. The first-order chi connectivity index (χ1) is 6.35. The van der Waals surface area contributed by atoms with Crippen molar-refractivity contribution in [1.29, 1.82) is 0 Å². The van der Waals surface area contributed by atoms with Crippen molar-refractivity contribution in [3.05, 3.63) is 0 Å². The van der Waals surface area contributed by atoms with Crippen molar-refractivity contribution in [2.45, 2.75) is 13.3 Å². The lowest BCUT2D eigenvalue weighted by molar-refractivity contribution is 0.322. The fourth-order valence-corrected chi connectivity index (χ4v) is 1.64. The summed E-state index contributed by atoms with van der Waals surface area (Å²) < 4.78 is 21.8. The third kappa shape index (κ3) is 8.47. The minimum absolute atomic E-state index is 0.237. The average Bonchev–Trinajstić information content (AvgIpc) is 2.09. The molecule has 0 aliphatic heterocycles. The van der Waals surface area contributed by atoms with E-state index in [-0.39, 0.29) is 5.75 Å². The second-order valence-corrected chi connectivity index (χ2v) is 6.32. The summed E-state index contributed by atoms with van der Waals surface area (Å²) in [5, 5.41) is 0. The van der Waals surface area contributed by atoms with Crippen molar-refractivity contribution < 1.29 is 8.42 Å². The molecule has 0 bridgehead atoms. The van der Waals surface area contributed by atoms with Gasteiger partial charge >= 0.3 is 0 Å². The lowest BCUT2D eigenvalue weighted by Gasteiger charge is -2.17. The average molecular weight is 222 g/mol. The van der Waals surface area contributed by atoms with Crippen LogP contribution in [0.3, 0.4) is 0 Å². The van der Waals surface area contributed by atoms with E-state index < -0.39 is 9.84 Å². The molecule has 5 heteroatoms. The first kappa shape index (κ1) is 13.9. The van der Waals surface area contributed by atoms with Gasteiger partial charge in [0, 0.05) is 12.8 Å². The van der Waals surface area contributed by atoms with Crippen molar-refractivity contribution >= 4 is 9.84 Å². The molecule has 0 heterocycles. The van der Waals surface area contributed by atoms with Gasteiger partial charge in [0.15, 0.2) is 0 Å². The van der Waals surface area contributed by atoms with Crippen molar-refractivity contribution in [2.24, 2.45) is 11.7 Å². The van der Waals surface area contributed by atoms with Gasteiger partial charge in [0.25, 0.3) is 0 Å². The maximum Gasteiger partial charge on any atom is 0.148 e. The Labute approximate surface area is 87.4 Å². The first-order valence-electron chi connectivity index (χ1n) is 4.91. The zero-order valence-electron chi connectivity index (χ0n) is 9.36. The minimum atomic E-state index is -2.83. The molecule has 0 fully saturated rings.